The summed E-state index contributed by atoms with van der Waals surface area (Å²) in [7, 11) is 0. The van der Waals surface area contributed by atoms with E-state index in [1.165, 1.54) is 27.5 Å². The van der Waals surface area contributed by atoms with Crippen molar-refractivity contribution in [2.24, 2.45) is 0 Å². The van der Waals surface area contributed by atoms with Crippen molar-refractivity contribution in [2.45, 2.75) is 19.1 Å². The molecule has 0 atom stereocenters. The standard InChI is InChI=1S/C37H33Cl2N5/c38-30-16-12-27(13-17-30)36(28-14-18-31(39)19-15-28)44-22-20-43(21-23-44)25-35-41-34-11-4-3-10-33(34)37(42-35)40-24-29-8-5-7-26-6-1-2-9-32(26)29/h1-19,36H,20-25H2,(H,40,41,42). The van der Waals surface area contributed by atoms with E-state index in [0.29, 0.717) is 13.1 Å². The first-order valence-electron chi connectivity index (χ1n) is 15.0. The topological polar surface area (TPSA) is 44.3 Å². The molecule has 6 aromatic rings. The molecule has 7 heteroatoms. The molecule has 0 bridgehead atoms. The summed E-state index contributed by atoms with van der Waals surface area (Å²) >= 11 is 12.5. The molecule has 0 amide bonds. The highest BCUT2D eigenvalue weighted by molar-refractivity contribution is 6.30. The molecule has 7 rings (SSSR count). The molecule has 0 saturated carbocycles. The lowest BCUT2D eigenvalue weighted by Crippen LogP contribution is -2.47. The Labute approximate surface area is 268 Å². The third kappa shape index (κ3) is 6.28. The summed E-state index contributed by atoms with van der Waals surface area (Å²) in [6.07, 6.45) is 0. The van der Waals surface area contributed by atoms with Gasteiger partial charge in [0.1, 0.15) is 11.6 Å². The van der Waals surface area contributed by atoms with Crippen LogP contribution in [-0.4, -0.2) is 45.9 Å². The van der Waals surface area contributed by atoms with Crippen LogP contribution < -0.4 is 5.32 Å². The summed E-state index contributed by atoms with van der Waals surface area (Å²) in [6.45, 7) is 5.09. The number of rotatable bonds is 8. The van der Waals surface area contributed by atoms with Gasteiger partial charge in [-0.3, -0.25) is 9.80 Å². The van der Waals surface area contributed by atoms with Crippen LogP contribution in [0.2, 0.25) is 10.0 Å². The zero-order chi connectivity index (χ0) is 29.9. The lowest BCUT2D eigenvalue weighted by molar-refractivity contribution is 0.103. The van der Waals surface area contributed by atoms with Crippen molar-refractivity contribution in [2.75, 3.05) is 31.5 Å². The number of aromatic nitrogens is 2. The smallest absolute Gasteiger partial charge is 0.145 e. The first kappa shape index (κ1) is 28.8. The minimum absolute atomic E-state index is 0.133. The lowest BCUT2D eigenvalue weighted by atomic mass is 9.96. The summed E-state index contributed by atoms with van der Waals surface area (Å²) in [5.41, 5.74) is 4.66. The number of nitrogens with zero attached hydrogens (tertiary/aromatic N) is 4. The van der Waals surface area contributed by atoms with Crippen LogP contribution in [0.5, 0.6) is 0 Å². The Morgan fingerprint density at radius 1 is 0.636 bits per heavy atom. The highest BCUT2D eigenvalue weighted by Crippen LogP contribution is 2.32. The molecule has 1 N–H and O–H groups in total. The average Bonchev–Trinajstić information content (AvgIpc) is 3.06. The van der Waals surface area contributed by atoms with Crippen LogP contribution in [0.3, 0.4) is 0 Å². The number of piperazine rings is 1. The molecule has 5 nitrogen and oxygen atoms in total. The van der Waals surface area contributed by atoms with Crippen molar-refractivity contribution in [3.05, 3.63) is 148 Å². The van der Waals surface area contributed by atoms with Gasteiger partial charge in [0.25, 0.3) is 0 Å². The van der Waals surface area contributed by atoms with E-state index in [1.807, 2.05) is 36.4 Å². The minimum Gasteiger partial charge on any atom is -0.365 e. The van der Waals surface area contributed by atoms with Gasteiger partial charge < -0.3 is 5.32 Å². The molecule has 1 aromatic heterocycles. The number of hydrogen-bond donors (Lipinski definition) is 1. The Morgan fingerprint density at radius 2 is 1.25 bits per heavy atom. The van der Waals surface area contributed by atoms with Gasteiger partial charge >= 0.3 is 0 Å². The van der Waals surface area contributed by atoms with Gasteiger partial charge in [-0.1, -0.05) is 102 Å². The predicted octanol–water partition coefficient (Wildman–Crippen LogP) is 8.61. The highest BCUT2D eigenvalue weighted by atomic mass is 35.5. The number of hydrogen-bond acceptors (Lipinski definition) is 5. The van der Waals surface area contributed by atoms with Gasteiger partial charge in [-0.15, -0.1) is 0 Å². The summed E-state index contributed by atoms with van der Waals surface area (Å²) in [4.78, 5) is 15.0. The van der Waals surface area contributed by atoms with Crippen molar-refractivity contribution in [1.82, 2.24) is 19.8 Å². The Hall–Kier alpha value is -4.00. The maximum Gasteiger partial charge on any atom is 0.145 e. The van der Waals surface area contributed by atoms with Crippen LogP contribution in [0, 0.1) is 0 Å². The van der Waals surface area contributed by atoms with Crippen molar-refractivity contribution in [3.8, 4) is 0 Å². The number of para-hydroxylation sites is 1. The van der Waals surface area contributed by atoms with Crippen molar-refractivity contribution < 1.29 is 0 Å². The Morgan fingerprint density at radius 3 is 1.95 bits per heavy atom. The molecular formula is C37H33Cl2N5. The number of halogens is 2. The molecule has 5 aromatic carbocycles. The maximum absolute atomic E-state index is 6.23. The van der Waals surface area contributed by atoms with Gasteiger partial charge in [-0.25, -0.2) is 9.97 Å². The Balaban J connectivity index is 1.08. The van der Waals surface area contributed by atoms with E-state index in [4.69, 9.17) is 33.2 Å². The molecule has 1 fully saturated rings. The number of benzene rings is 5. The van der Waals surface area contributed by atoms with Crippen LogP contribution in [0.25, 0.3) is 21.7 Å². The largest absolute Gasteiger partial charge is 0.365 e. The maximum atomic E-state index is 6.23. The first-order chi connectivity index (χ1) is 21.6. The first-order valence-corrected chi connectivity index (χ1v) is 15.8. The third-order valence-electron chi connectivity index (χ3n) is 8.48. The van der Waals surface area contributed by atoms with E-state index >= 15 is 0 Å². The summed E-state index contributed by atoms with van der Waals surface area (Å²) in [5.74, 6) is 1.72. The summed E-state index contributed by atoms with van der Waals surface area (Å²) in [5, 5.41) is 8.67. The van der Waals surface area contributed by atoms with Gasteiger partial charge in [-0.2, -0.15) is 0 Å². The van der Waals surface area contributed by atoms with E-state index in [0.717, 1.165) is 58.8 Å². The quantitative estimate of drug-likeness (QED) is 0.185. The van der Waals surface area contributed by atoms with E-state index in [2.05, 4.69) is 94.0 Å². The zero-order valence-electron chi connectivity index (χ0n) is 24.3. The molecule has 0 aliphatic carbocycles. The Bertz CT molecular complexity index is 1830. The van der Waals surface area contributed by atoms with Gasteiger partial charge in [0, 0.05) is 48.2 Å². The second-order valence-electron chi connectivity index (χ2n) is 11.3. The highest BCUT2D eigenvalue weighted by Gasteiger charge is 2.27. The number of nitrogens with one attached hydrogen (secondary N) is 1. The van der Waals surface area contributed by atoms with E-state index in [-0.39, 0.29) is 6.04 Å². The average molecular weight is 619 g/mol. The van der Waals surface area contributed by atoms with Gasteiger partial charge in [-0.05, 0) is 63.9 Å². The lowest BCUT2D eigenvalue weighted by Gasteiger charge is -2.39. The van der Waals surface area contributed by atoms with Crippen LogP contribution >= 0.6 is 23.2 Å². The molecule has 0 unspecified atom stereocenters. The second kappa shape index (κ2) is 12.9. The fourth-order valence-electron chi connectivity index (χ4n) is 6.24. The molecule has 1 saturated heterocycles. The molecule has 2 heterocycles. The predicted molar refractivity (Wildman–Crippen MR) is 182 cm³/mol. The van der Waals surface area contributed by atoms with Crippen LogP contribution in [0.15, 0.2) is 115 Å². The van der Waals surface area contributed by atoms with E-state index in [1.54, 1.807) is 0 Å². The van der Waals surface area contributed by atoms with Crippen molar-refractivity contribution >= 4 is 50.7 Å². The monoisotopic (exact) mass is 617 g/mol. The molecule has 44 heavy (non-hydrogen) atoms. The SMILES string of the molecule is Clc1ccc(C(c2ccc(Cl)cc2)N2CCN(Cc3nc(NCc4cccc5ccccc45)c4ccccc4n3)CC2)cc1. The van der Waals surface area contributed by atoms with Crippen molar-refractivity contribution in [1.29, 1.82) is 0 Å². The Kier molecular flexibility index (Phi) is 8.45. The summed E-state index contributed by atoms with van der Waals surface area (Å²) < 4.78 is 0. The molecule has 220 valence electrons. The van der Waals surface area contributed by atoms with Crippen LogP contribution in [0.4, 0.5) is 5.82 Å². The normalized spacial score (nSPS) is 14.4. The number of fused-ring (bicyclic) bond motifs is 2. The van der Waals surface area contributed by atoms with Crippen LogP contribution in [0.1, 0.15) is 28.6 Å². The molecule has 1 aliphatic heterocycles. The van der Waals surface area contributed by atoms with Gasteiger partial charge in [0.15, 0.2) is 0 Å². The van der Waals surface area contributed by atoms with E-state index < -0.39 is 0 Å². The number of anilines is 1. The third-order valence-corrected chi connectivity index (χ3v) is 8.99. The molecule has 0 radical (unpaired) electrons. The van der Waals surface area contributed by atoms with E-state index in [9.17, 15) is 0 Å². The fraction of sp³-hybridized carbons (Fsp3) is 0.189. The molecule has 1 aliphatic rings. The molecule has 0 spiro atoms. The second-order valence-corrected chi connectivity index (χ2v) is 12.2. The minimum atomic E-state index is 0.133. The van der Waals surface area contributed by atoms with Gasteiger partial charge in [0.2, 0.25) is 0 Å². The summed E-state index contributed by atoms with van der Waals surface area (Å²) in [6, 6.07) is 39.8. The zero-order valence-corrected chi connectivity index (χ0v) is 25.8. The van der Waals surface area contributed by atoms with Gasteiger partial charge in [0.05, 0.1) is 18.1 Å². The molecular weight excluding hydrogens is 585 g/mol. The van der Waals surface area contributed by atoms with Crippen molar-refractivity contribution in [3.63, 3.8) is 0 Å². The fourth-order valence-corrected chi connectivity index (χ4v) is 6.49. The van der Waals surface area contributed by atoms with Crippen LogP contribution in [-0.2, 0) is 13.1 Å².